The SMILES string of the molecule is Cc1cccc(Oc2nccnc2[C@H]2CCCN(C(=O)c3cnc[nH]3)C2)c1. The van der Waals surface area contributed by atoms with Crippen molar-refractivity contribution < 1.29 is 9.53 Å². The molecule has 1 aliphatic rings. The molecular weight excluding hydrogens is 342 g/mol. The third-order valence-electron chi connectivity index (χ3n) is 4.72. The van der Waals surface area contributed by atoms with Crippen molar-refractivity contribution in [3.63, 3.8) is 0 Å². The predicted molar refractivity (Wildman–Crippen MR) is 99.8 cm³/mol. The van der Waals surface area contributed by atoms with Crippen molar-refractivity contribution >= 4 is 5.91 Å². The molecule has 1 atom stereocenters. The van der Waals surface area contributed by atoms with Crippen LogP contribution in [0.25, 0.3) is 0 Å². The fourth-order valence-corrected chi connectivity index (χ4v) is 3.41. The zero-order chi connectivity index (χ0) is 18.6. The number of likely N-dealkylation sites (tertiary alicyclic amines) is 1. The lowest BCUT2D eigenvalue weighted by Crippen LogP contribution is -2.39. The fourth-order valence-electron chi connectivity index (χ4n) is 3.41. The first kappa shape index (κ1) is 17.2. The van der Waals surface area contributed by atoms with Gasteiger partial charge in [-0.25, -0.2) is 9.97 Å². The minimum Gasteiger partial charge on any atom is -0.437 e. The third kappa shape index (κ3) is 3.81. The molecule has 7 nitrogen and oxygen atoms in total. The number of piperidine rings is 1. The minimum atomic E-state index is -0.0396. The maximum atomic E-state index is 12.6. The van der Waals surface area contributed by atoms with Crippen molar-refractivity contribution in [2.45, 2.75) is 25.7 Å². The highest BCUT2D eigenvalue weighted by molar-refractivity contribution is 5.92. The maximum Gasteiger partial charge on any atom is 0.271 e. The van der Waals surface area contributed by atoms with E-state index in [1.807, 2.05) is 36.1 Å². The number of carbonyl (C=O) groups excluding carboxylic acids is 1. The molecule has 0 aliphatic carbocycles. The molecular formula is C20H21N5O2. The van der Waals surface area contributed by atoms with Crippen LogP contribution >= 0.6 is 0 Å². The van der Waals surface area contributed by atoms with Gasteiger partial charge in [0.1, 0.15) is 17.1 Å². The number of hydrogen-bond donors (Lipinski definition) is 1. The van der Waals surface area contributed by atoms with Crippen LogP contribution < -0.4 is 4.74 Å². The Morgan fingerprint density at radius 2 is 2.19 bits per heavy atom. The van der Waals surface area contributed by atoms with Crippen molar-refractivity contribution in [1.29, 1.82) is 0 Å². The lowest BCUT2D eigenvalue weighted by Gasteiger charge is -2.32. The lowest BCUT2D eigenvalue weighted by molar-refractivity contribution is 0.0699. The molecule has 0 unspecified atom stereocenters. The van der Waals surface area contributed by atoms with Crippen molar-refractivity contribution in [3.05, 3.63) is 66.1 Å². The van der Waals surface area contributed by atoms with E-state index >= 15 is 0 Å². The first-order chi connectivity index (χ1) is 13.2. The molecule has 0 spiro atoms. The predicted octanol–water partition coefficient (Wildman–Crippen LogP) is 3.32. The van der Waals surface area contributed by atoms with E-state index in [0.29, 0.717) is 18.1 Å². The van der Waals surface area contributed by atoms with Gasteiger partial charge in [-0.05, 0) is 37.5 Å². The summed E-state index contributed by atoms with van der Waals surface area (Å²) in [4.78, 5) is 30.2. The van der Waals surface area contributed by atoms with Crippen LogP contribution in [0.2, 0.25) is 0 Å². The van der Waals surface area contributed by atoms with Gasteiger partial charge in [-0.2, -0.15) is 0 Å². The van der Waals surface area contributed by atoms with Gasteiger partial charge >= 0.3 is 0 Å². The van der Waals surface area contributed by atoms with Crippen LogP contribution in [0.3, 0.4) is 0 Å². The number of nitrogens with zero attached hydrogens (tertiary/aromatic N) is 4. The summed E-state index contributed by atoms with van der Waals surface area (Å²) in [5, 5.41) is 0. The molecule has 1 amide bonds. The topological polar surface area (TPSA) is 84.0 Å². The van der Waals surface area contributed by atoms with E-state index < -0.39 is 0 Å². The summed E-state index contributed by atoms with van der Waals surface area (Å²) in [6, 6.07) is 7.84. The molecule has 0 bridgehead atoms. The summed E-state index contributed by atoms with van der Waals surface area (Å²) < 4.78 is 6.02. The summed E-state index contributed by atoms with van der Waals surface area (Å²) in [5.74, 6) is 1.28. The van der Waals surface area contributed by atoms with Gasteiger partial charge in [0, 0.05) is 31.4 Å². The number of aryl methyl sites for hydroxylation is 1. The summed E-state index contributed by atoms with van der Waals surface area (Å²) in [6.07, 6.45) is 8.23. The summed E-state index contributed by atoms with van der Waals surface area (Å²) in [5.41, 5.74) is 2.42. The fraction of sp³-hybridized carbons (Fsp3) is 0.300. The molecule has 1 saturated heterocycles. The first-order valence-corrected chi connectivity index (χ1v) is 9.04. The van der Waals surface area contributed by atoms with Crippen LogP contribution in [-0.2, 0) is 0 Å². The van der Waals surface area contributed by atoms with Gasteiger partial charge in [0.05, 0.1) is 12.5 Å². The van der Waals surface area contributed by atoms with Gasteiger partial charge in [-0.3, -0.25) is 9.78 Å². The second-order valence-corrected chi connectivity index (χ2v) is 6.72. The van der Waals surface area contributed by atoms with Gasteiger partial charge in [0.15, 0.2) is 0 Å². The summed E-state index contributed by atoms with van der Waals surface area (Å²) in [6.45, 7) is 3.33. The maximum absolute atomic E-state index is 12.6. The Morgan fingerprint density at radius 3 is 3.00 bits per heavy atom. The van der Waals surface area contributed by atoms with Crippen molar-refractivity contribution in [2.75, 3.05) is 13.1 Å². The zero-order valence-corrected chi connectivity index (χ0v) is 15.1. The molecule has 1 aliphatic heterocycles. The number of ether oxygens (including phenoxy) is 1. The number of amides is 1. The molecule has 27 heavy (non-hydrogen) atoms. The molecule has 2 aromatic heterocycles. The lowest BCUT2D eigenvalue weighted by atomic mass is 9.94. The quantitative estimate of drug-likeness (QED) is 0.769. The van der Waals surface area contributed by atoms with Crippen LogP contribution in [0.15, 0.2) is 49.2 Å². The van der Waals surface area contributed by atoms with Crippen molar-refractivity contribution in [1.82, 2.24) is 24.8 Å². The number of H-pyrrole nitrogens is 1. The number of aromatic amines is 1. The van der Waals surface area contributed by atoms with E-state index in [2.05, 4.69) is 19.9 Å². The Bertz CT molecular complexity index is 926. The Balaban J connectivity index is 1.55. The van der Waals surface area contributed by atoms with E-state index in [9.17, 15) is 4.79 Å². The Hall–Kier alpha value is -3.22. The molecule has 3 heterocycles. The average molecular weight is 363 g/mol. The number of imidazole rings is 1. The monoisotopic (exact) mass is 363 g/mol. The van der Waals surface area contributed by atoms with Gasteiger partial charge in [0.2, 0.25) is 5.88 Å². The van der Waals surface area contributed by atoms with E-state index in [4.69, 9.17) is 4.74 Å². The number of rotatable bonds is 4. The van der Waals surface area contributed by atoms with E-state index in [1.54, 1.807) is 18.6 Å². The van der Waals surface area contributed by atoms with Crippen LogP contribution in [-0.4, -0.2) is 43.8 Å². The third-order valence-corrected chi connectivity index (χ3v) is 4.72. The standard InChI is InChI=1S/C20H21N5O2/c1-14-4-2-6-16(10-14)27-19-18(22-7-8-23-19)15-5-3-9-25(12-15)20(26)17-11-21-13-24-17/h2,4,6-8,10-11,13,15H,3,5,9,12H2,1H3,(H,21,24)/t15-/m0/s1. The number of aromatic nitrogens is 4. The Morgan fingerprint density at radius 1 is 1.30 bits per heavy atom. The van der Waals surface area contributed by atoms with Crippen LogP contribution in [0.4, 0.5) is 0 Å². The van der Waals surface area contributed by atoms with Crippen LogP contribution in [0.1, 0.15) is 40.5 Å². The first-order valence-electron chi connectivity index (χ1n) is 9.04. The molecule has 0 radical (unpaired) electrons. The number of benzene rings is 1. The second-order valence-electron chi connectivity index (χ2n) is 6.72. The smallest absolute Gasteiger partial charge is 0.271 e. The number of hydrogen-bond acceptors (Lipinski definition) is 5. The van der Waals surface area contributed by atoms with Crippen LogP contribution in [0.5, 0.6) is 11.6 Å². The van der Waals surface area contributed by atoms with Crippen LogP contribution in [0, 0.1) is 6.92 Å². The molecule has 0 saturated carbocycles. The molecule has 138 valence electrons. The van der Waals surface area contributed by atoms with Gasteiger partial charge in [0.25, 0.3) is 5.91 Å². The Labute approximate surface area is 157 Å². The molecule has 4 rings (SSSR count). The van der Waals surface area contributed by atoms with E-state index in [1.165, 1.54) is 6.33 Å². The minimum absolute atomic E-state index is 0.0396. The summed E-state index contributed by atoms with van der Waals surface area (Å²) >= 11 is 0. The van der Waals surface area contributed by atoms with Gasteiger partial charge in [-0.15, -0.1) is 0 Å². The van der Waals surface area contributed by atoms with E-state index in [-0.39, 0.29) is 11.8 Å². The largest absolute Gasteiger partial charge is 0.437 e. The second kappa shape index (κ2) is 7.57. The van der Waals surface area contributed by atoms with Crippen molar-refractivity contribution in [2.24, 2.45) is 0 Å². The summed E-state index contributed by atoms with van der Waals surface area (Å²) in [7, 11) is 0. The molecule has 7 heteroatoms. The van der Waals surface area contributed by atoms with Crippen molar-refractivity contribution in [3.8, 4) is 11.6 Å². The highest BCUT2D eigenvalue weighted by Gasteiger charge is 2.29. The highest BCUT2D eigenvalue weighted by atomic mass is 16.5. The normalized spacial score (nSPS) is 16.9. The average Bonchev–Trinajstić information content (AvgIpc) is 3.23. The number of carbonyl (C=O) groups is 1. The molecule has 3 aromatic rings. The van der Waals surface area contributed by atoms with E-state index in [0.717, 1.165) is 36.4 Å². The Kier molecular flexibility index (Phi) is 4.82. The van der Waals surface area contributed by atoms with Gasteiger partial charge < -0.3 is 14.6 Å². The molecule has 1 aromatic carbocycles. The zero-order valence-electron chi connectivity index (χ0n) is 15.1. The molecule has 1 fully saturated rings. The molecule has 1 N–H and O–H groups in total. The van der Waals surface area contributed by atoms with Gasteiger partial charge in [-0.1, -0.05) is 12.1 Å². The highest BCUT2D eigenvalue weighted by Crippen LogP contribution is 2.33. The number of nitrogens with one attached hydrogen (secondary N) is 1.